The van der Waals surface area contributed by atoms with Crippen molar-refractivity contribution in [2.45, 2.75) is 5.75 Å². The van der Waals surface area contributed by atoms with Crippen LogP contribution < -0.4 is 5.32 Å². The van der Waals surface area contributed by atoms with Crippen molar-refractivity contribution in [3.63, 3.8) is 0 Å². The van der Waals surface area contributed by atoms with Gasteiger partial charge in [-0.25, -0.2) is 9.97 Å². The SMILES string of the molecule is SCc1ccc(-c2cc(Nc3ccnc(Cl)n3)n[nH]2)cc1. The van der Waals surface area contributed by atoms with Crippen LogP contribution in [0, 0.1) is 0 Å². The van der Waals surface area contributed by atoms with Crippen molar-refractivity contribution in [3.8, 4) is 11.3 Å². The van der Waals surface area contributed by atoms with E-state index in [-0.39, 0.29) is 5.28 Å². The average molecular weight is 318 g/mol. The van der Waals surface area contributed by atoms with Gasteiger partial charge < -0.3 is 5.32 Å². The maximum Gasteiger partial charge on any atom is 0.224 e. The molecule has 0 bridgehead atoms. The van der Waals surface area contributed by atoms with Gasteiger partial charge in [0.1, 0.15) is 5.82 Å². The Morgan fingerprint density at radius 2 is 1.95 bits per heavy atom. The van der Waals surface area contributed by atoms with Crippen molar-refractivity contribution in [1.82, 2.24) is 20.2 Å². The van der Waals surface area contributed by atoms with Crippen LogP contribution in [0.3, 0.4) is 0 Å². The van der Waals surface area contributed by atoms with Gasteiger partial charge in [0.15, 0.2) is 5.82 Å². The van der Waals surface area contributed by atoms with Crippen molar-refractivity contribution in [3.05, 3.63) is 53.4 Å². The van der Waals surface area contributed by atoms with Crippen LogP contribution in [0.2, 0.25) is 5.28 Å². The molecule has 106 valence electrons. The van der Waals surface area contributed by atoms with Crippen molar-refractivity contribution in [1.29, 1.82) is 0 Å². The van der Waals surface area contributed by atoms with Crippen LogP contribution in [0.25, 0.3) is 11.3 Å². The van der Waals surface area contributed by atoms with Crippen molar-refractivity contribution in [2.24, 2.45) is 0 Å². The molecule has 0 saturated carbocycles. The molecule has 2 heterocycles. The molecule has 0 saturated heterocycles. The Morgan fingerprint density at radius 1 is 1.14 bits per heavy atom. The molecule has 7 heteroatoms. The van der Waals surface area contributed by atoms with Crippen LogP contribution in [-0.2, 0) is 5.75 Å². The highest BCUT2D eigenvalue weighted by molar-refractivity contribution is 7.79. The zero-order valence-corrected chi connectivity index (χ0v) is 12.6. The molecule has 0 radical (unpaired) electrons. The number of benzene rings is 1. The average Bonchev–Trinajstić information content (AvgIpc) is 2.96. The first kappa shape index (κ1) is 13.9. The number of rotatable bonds is 4. The highest BCUT2D eigenvalue weighted by Crippen LogP contribution is 2.22. The van der Waals surface area contributed by atoms with Gasteiger partial charge in [-0.3, -0.25) is 5.10 Å². The van der Waals surface area contributed by atoms with E-state index in [2.05, 4.69) is 38.1 Å². The van der Waals surface area contributed by atoms with Gasteiger partial charge in [-0.2, -0.15) is 17.7 Å². The summed E-state index contributed by atoms with van der Waals surface area (Å²) < 4.78 is 0. The van der Waals surface area contributed by atoms with E-state index >= 15 is 0 Å². The molecule has 0 aliphatic rings. The third-order valence-electron chi connectivity index (χ3n) is 2.91. The standard InChI is InChI=1S/C14H12ClN5S/c15-14-16-6-5-12(18-14)17-13-7-11(19-20-13)10-3-1-9(8-21)2-4-10/h1-7,21H,8H2,(H2,16,17,18,19,20). The smallest absolute Gasteiger partial charge is 0.224 e. The summed E-state index contributed by atoms with van der Waals surface area (Å²) in [7, 11) is 0. The molecule has 0 unspecified atom stereocenters. The minimum atomic E-state index is 0.193. The second-order valence-electron chi connectivity index (χ2n) is 4.36. The maximum atomic E-state index is 5.74. The first-order valence-corrected chi connectivity index (χ1v) is 7.27. The molecular weight excluding hydrogens is 306 g/mol. The summed E-state index contributed by atoms with van der Waals surface area (Å²) in [5.41, 5.74) is 3.15. The van der Waals surface area contributed by atoms with Crippen LogP contribution in [0.5, 0.6) is 0 Å². The number of aromatic amines is 1. The Labute approximate surface area is 132 Å². The molecule has 0 amide bonds. The lowest BCUT2D eigenvalue weighted by molar-refractivity contribution is 1.09. The van der Waals surface area contributed by atoms with Crippen molar-refractivity contribution in [2.75, 3.05) is 5.32 Å². The Hall–Kier alpha value is -2.05. The topological polar surface area (TPSA) is 66.5 Å². The van der Waals surface area contributed by atoms with Crippen LogP contribution in [0.15, 0.2) is 42.6 Å². The molecule has 1 aromatic carbocycles. The van der Waals surface area contributed by atoms with Crippen LogP contribution in [0.4, 0.5) is 11.6 Å². The summed E-state index contributed by atoms with van der Waals surface area (Å²) in [4.78, 5) is 7.88. The summed E-state index contributed by atoms with van der Waals surface area (Å²) in [6, 6.07) is 11.8. The van der Waals surface area contributed by atoms with E-state index in [9.17, 15) is 0 Å². The number of halogens is 1. The van der Waals surface area contributed by atoms with Crippen LogP contribution >= 0.6 is 24.2 Å². The Kier molecular flexibility index (Phi) is 4.08. The van der Waals surface area contributed by atoms with Crippen LogP contribution in [-0.4, -0.2) is 20.2 Å². The number of anilines is 2. The quantitative estimate of drug-likeness (QED) is 0.507. The first-order valence-electron chi connectivity index (χ1n) is 6.26. The molecule has 3 aromatic rings. The van der Waals surface area contributed by atoms with Gasteiger partial charge in [-0.05, 0) is 28.8 Å². The molecule has 21 heavy (non-hydrogen) atoms. The summed E-state index contributed by atoms with van der Waals surface area (Å²) in [6.45, 7) is 0. The molecular formula is C14H12ClN5S. The fourth-order valence-corrected chi connectivity index (χ4v) is 2.22. The maximum absolute atomic E-state index is 5.74. The normalized spacial score (nSPS) is 10.6. The summed E-state index contributed by atoms with van der Waals surface area (Å²) in [6.07, 6.45) is 1.58. The third-order valence-corrected chi connectivity index (χ3v) is 3.45. The van der Waals surface area contributed by atoms with Crippen molar-refractivity contribution < 1.29 is 0 Å². The van der Waals surface area contributed by atoms with Gasteiger partial charge in [-0.15, -0.1) is 0 Å². The molecule has 0 aliphatic carbocycles. The Morgan fingerprint density at radius 3 is 2.67 bits per heavy atom. The summed E-state index contributed by atoms with van der Waals surface area (Å²) in [5, 5.41) is 10.5. The van der Waals surface area contributed by atoms with Gasteiger partial charge in [0.25, 0.3) is 0 Å². The molecule has 5 nitrogen and oxygen atoms in total. The zero-order chi connectivity index (χ0) is 14.7. The molecule has 2 aromatic heterocycles. The zero-order valence-electron chi connectivity index (χ0n) is 10.9. The number of nitrogens with one attached hydrogen (secondary N) is 2. The molecule has 0 atom stereocenters. The highest BCUT2D eigenvalue weighted by atomic mass is 35.5. The van der Waals surface area contributed by atoms with E-state index in [0.717, 1.165) is 17.0 Å². The van der Waals surface area contributed by atoms with Gasteiger partial charge in [-0.1, -0.05) is 24.3 Å². The second kappa shape index (κ2) is 6.15. The summed E-state index contributed by atoms with van der Waals surface area (Å²) in [5.74, 6) is 1.99. The Balaban J connectivity index is 1.79. The van der Waals surface area contributed by atoms with Gasteiger partial charge in [0.2, 0.25) is 5.28 Å². The van der Waals surface area contributed by atoms with Gasteiger partial charge in [0.05, 0.1) is 5.69 Å². The largest absolute Gasteiger partial charge is 0.323 e. The number of hydrogen-bond donors (Lipinski definition) is 3. The fraction of sp³-hybridized carbons (Fsp3) is 0.0714. The fourth-order valence-electron chi connectivity index (χ4n) is 1.86. The second-order valence-corrected chi connectivity index (χ2v) is 5.01. The number of thiol groups is 1. The minimum absolute atomic E-state index is 0.193. The van der Waals surface area contributed by atoms with Crippen molar-refractivity contribution >= 4 is 35.9 Å². The van der Waals surface area contributed by atoms with Crippen LogP contribution in [0.1, 0.15) is 5.56 Å². The lowest BCUT2D eigenvalue weighted by atomic mass is 10.1. The van der Waals surface area contributed by atoms with E-state index in [4.69, 9.17) is 11.6 Å². The molecule has 2 N–H and O–H groups in total. The lowest BCUT2D eigenvalue weighted by Crippen LogP contribution is -1.94. The number of nitrogens with zero attached hydrogens (tertiary/aromatic N) is 3. The van der Waals surface area contributed by atoms with E-state index in [1.165, 1.54) is 5.56 Å². The summed E-state index contributed by atoms with van der Waals surface area (Å²) >= 11 is 9.99. The van der Waals surface area contributed by atoms with Gasteiger partial charge >= 0.3 is 0 Å². The molecule has 0 fully saturated rings. The number of H-pyrrole nitrogens is 1. The molecule has 0 spiro atoms. The highest BCUT2D eigenvalue weighted by Gasteiger charge is 2.05. The van der Waals surface area contributed by atoms with E-state index in [1.807, 2.05) is 30.3 Å². The Bertz CT molecular complexity index is 741. The first-order chi connectivity index (χ1) is 10.2. The predicted octanol–water partition coefficient (Wildman–Crippen LogP) is 3.69. The third kappa shape index (κ3) is 3.34. The van der Waals surface area contributed by atoms with E-state index in [1.54, 1.807) is 12.3 Å². The number of hydrogen-bond acceptors (Lipinski definition) is 5. The lowest BCUT2D eigenvalue weighted by Gasteiger charge is -2.00. The monoisotopic (exact) mass is 317 g/mol. The van der Waals surface area contributed by atoms with Gasteiger partial charge in [0, 0.05) is 18.0 Å². The van der Waals surface area contributed by atoms with E-state index < -0.39 is 0 Å². The predicted molar refractivity (Wildman–Crippen MR) is 87.0 cm³/mol. The molecule has 3 rings (SSSR count). The minimum Gasteiger partial charge on any atom is -0.323 e. The van der Waals surface area contributed by atoms with E-state index in [0.29, 0.717) is 11.6 Å². The molecule has 0 aliphatic heterocycles. The number of aromatic nitrogens is 4.